The Morgan fingerprint density at radius 1 is 1.08 bits per heavy atom. The summed E-state index contributed by atoms with van der Waals surface area (Å²) in [6.07, 6.45) is -3.95. The monoisotopic (exact) mass is 383 g/mol. The number of nitrogens with zero attached hydrogens (tertiary/aromatic N) is 2. The topological polar surface area (TPSA) is 35.6 Å². The van der Waals surface area contributed by atoms with Gasteiger partial charge >= 0.3 is 6.18 Å². The van der Waals surface area contributed by atoms with E-state index in [2.05, 4.69) is 5.32 Å². The standard InChI is InChI=1S/C15H18Cl2F3N3O/c16-11-2-1-3-12(17)14(11)21-13(24)4-5-22-6-8-23(9-7-22)10-15(18,19)20/h1-3H,4-10H2,(H,21,24). The molecule has 9 heteroatoms. The summed E-state index contributed by atoms with van der Waals surface area (Å²) in [5.41, 5.74) is 0.376. The molecule has 1 fully saturated rings. The van der Waals surface area contributed by atoms with Crippen LogP contribution in [0.4, 0.5) is 18.9 Å². The Bertz CT molecular complexity index is 555. The number of hydrogen-bond acceptors (Lipinski definition) is 3. The summed E-state index contributed by atoms with van der Waals surface area (Å²) in [6, 6.07) is 4.94. The number of halogens is 5. The molecule has 1 N–H and O–H groups in total. The van der Waals surface area contributed by atoms with E-state index in [-0.39, 0.29) is 12.3 Å². The number of nitrogens with one attached hydrogen (secondary N) is 1. The van der Waals surface area contributed by atoms with Crippen molar-refractivity contribution in [3.05, 3.63) is 28.2 Å². The molecule has 1 aromatic carbocycles. The summed E-state index contributed by atoms with van der Waals surface area (Å²) in [6.45, 7) is 1.31. The molecule has 0 atom stereocenters. The fraction of sp³-hybridized carbons (Fsp3) is 0.533. The third kappa shape index (κ3) is 6.12. The highest BCUT2D eigenvalue weighted by Crippen LogP contribution is 2.29. The van der Waals surface area contributed by atoms with Crippen LogP contribution in [0.3, 0.4) is 0 Å². The van der Waals surface area contributed by atoms with Crippen LogP contribution in [-0.4, -0.2) is 61.2 Å². The van der Waals surface area contributed by atoms with Crippen LogP contribution < -0.4 is 5.32 Å². The van der Waals surface area contributed by atoms with Crippen molar-refractivity contribution in [3.8, 4) is 0 Å². The van der Waals surface area contributed by atoms with E-state index in [1.165, 1.54) is 4.90 Å². The SMILES string of the molecule is O=C(CCN1CCN(CC(F)(F)F)CC1)Nc1c(Cl)cccc1Cl. The van der Waals surface area contributed by atoms with E-state index in [1.807, 2.05) is 4.90 Å². The fourth-order valence-corrected chi connectivity index (χ4v) is 3.00. The van der Waals surface area contributed by atoms with Gasteiger partial charge in [-0.3, -0.25) is 9.69 Å². The van der Waals surface area contributed by atoms with Gasteiger partial charge in [-0.15, -0.1) is 0 Å². The third-order valence-corrected chi connectivity index (χ3v) is 4.38. The molecule has 0 saturated carbocycles. The van der Waals surface area contributed by atoms with Crippen molar-refractivity contribution in [1.29, 1.82) is 0 Å². The highest BCUT2D eigenvalue weighted by atomic mass is 35.5. The number of carbonyl (C=O) groups is 1. The zero-order valence-corrected chi connectivity index (χ0v) is 14.4. The molecule has 0 bridgehead atoms. The smallest absolute Gasteiger partial charge is 0.324 e. The first-order chi connectivity index (χ1) is 11.2. The van der Waals surface area contributed by atoms with E-state index in [0.29, 0.717) is 48.5 Å². The molecule has 1 aromatic rings. The number of rotatable bonds is 5. The molecule has 0 aromatic heterocycles. The molecule has 2 rings (SSSR count). The van der Waals surface area contributed by atoms with Gasteiger partial charge < -0.3 is 10.2 Å². The van der Waals surface area contributed by atoms with Crippen LogP contribution in [-0.2, 0) is 4.79 Å². The molecule has 1 saturated heterocycles. The second-order valence-corrected chi connectivity index (χ2v) is 6.44. The van der Waals surface area contributed by atoms with Crippen LogP contribution >= 0.6 is 23.2 Å². The Balaban J connectivity index is 1.74. The first-order valence-electron chi connectivity index (χ1n) is 7.50. The van der Waals surface area contributed by atoms with E-state index in [0.717, 1.165) is 0 Å². The lowest BCUT2D eigenvalue weighted by atomic mass is 10.2. The van der Waals surface area contributed by atoms with Gasteiger partial charge in [-0.05, 0) is 12.1 Å². The number of amides is 1. The second kappa shape index (κ2) is 8.38. The fourth-order valence-electron chi connectivity index (χ4n) is 2.50. The Kier molecular flexibility index (Phi) is 6.74. The van der Waals surface area contributed by atoms with Gasteiger partial charge in [0.15, 0.2) is 0 Å². The van der Waals surface area contributed by atoms with Gasteiger partial charge in [-0.1, -0.05) is 29.3 Å². The predicted molar refractivity (Wildman–Crippen MR) is 88.6 cm³/mol. The quantitative estimate of drug-likeness (QED) is 0.844. The average Bonchev–Trinajstić information content (AvgIpc) is 2.49. The molecule has 0 aliphatic carbocycles. The zero-order chi connectivity index (χ0) is 17.7. The van der Waals surface area contributed by atoms with E-state index < -0.39 is 12.7 Å². The molecule has 0 unspecified atom stereocenters. The molecule has 1 heterocycles. The Hall–Kier alpha value is -1.02. The number of benzene rings is 1. The molecular formula is C15H18Cl2F3N3O. The summed E-state index contributed by atoms with van der Waals surface area (Å²) in [4.78, 5) is 15.3. The predicted octanol–water partition coefficient (Wildman–Crippen LogP) is 3.50. The van der Waals surface area contributed by atoms with Crippen LogP contribution in [0, 0.1) is 0 Å². The molecule has 1 aliphatic heterocycles. The molecule has 0 radical (unpaired) electrons. The van der Waals surface area contributed by atoms with Crippen LogP contribution in [0.5, 0.6) is 0 Å². The molecule has 1 amide bonds. The number of hydrogen-bond donors (Lipinski definition) is 1. The van der Waals surface area contributed by atoms with Gasteiger partial charge in [0.2, 0.25) is 5.91 Å². The second-order valence-electron chi connectivity index (χ2n) is 5.63. The molecule has 4 nitrogen and oxygen atoms in total. The lowest BCUT2D eigenvalue weighted by molar-refractivity contribution is -0.149. The van der Waals surface area contributed by atoms with Crippen LogP contribution in [0.2, 0.25) is 10.0 Å². The maximum Gasteiger partial charge on any atom is 0.401 e. The first-order valence-corrected chi connectivity index (χ1v) is 8.25. The Morgan fingerprint density at radius 2 is 1.62 bits per heavy atom. The van der Waals surface area contributed by atoms with E-state index in [1.54, 1.807) is 18.2 Å². The van der Waals surface area contributed by atoms with Gasteiger partial charge in [-0.25, -0.2) is 0 Å². The molecule has 24 heavy (non-hydrogen) atoms. The number of carbonyl (C=O) groups excluding carboxylic acids is 1. The van der Waals surface area contributed by atoms with Crippen molar-refractivity contribution in [2.45, 2.75) is 12.6 Å². The maximum atomic E-state index is 12.3. The van der Waals surface area contributed by atoms with Crippen molar-refractivity contribution in [2.24, 2.45) is 0 Å². The third-order valence-electron chi connectivity index (χ3n) is 3.75. The lowest BCUT2D eigenvalue weighted by Gasteiger charge is -2.34. The number of alkyl halides is 3. The minimum absolute atomic E-state index is 0.223. The highest BCUT2D eigenvalue weighted by Gasteiger charge is 2.32. The van der Waals surface area contributed by atoms with Crippen molar-refractivity contribution in [1.82, 2.24) is 9.80 Å². The maximum absolute atomic E-state index is 12.3. The van der Waals surface area contributed by atoms with Crippen molar-refractivity contribution >= 4 is 34.8 Å². The molecular weight excluding hydrogens is 366 g/mol. The molecule has 0 spiro atoms. The lowest BCUT2D eigenvalue weighted by Crippen LogP contribution is -2.49. The van der Waals surface area contributed by atoms with Gasteiger partial charge in [0.05, 0.1) is 22.3 Å². The van der Waals surface area contributed by atoms with E-state index >= 15 is 0 Å². The summed E-state index contributed by atoms with van der Waals surface area (Å²) < 4.78 is 37.0. The van der Waals surface area contributed by atoms with Crippen molar-refractivity contribution < 1.29 is 18.0 Å². The summed E-state index contributed by atoms with van der Waals surface area (Å²) >= 11 is 12.0. The van der Waals surface area contributed by atoms with E-state index in [4.69, 9.17) is 23.2 Å². The minimum atomic E-state index is -4.17. The van der Waals surface area contributed by atoms with E-state index in [9.17, 15) is 18.0 Å². The Morgan fingerprint density at radius 3 is 2.17 bits per heavy atom. The first kappa shape index (κ1) is 19.3. The van der Waals surface area contributed by atoms with Gasteiger partial charge in [-0.2, -0.15) is 13.2 Å². The van der Waals surface area contributed by atoms with Crippen LogP contribution in [0.1, 0.15) is 6.42 Å². The number of para-hydroxylation sites is 1. The number of anilines is 1. The van der Waals surface area contributed by atoms with Crippen LogP contribution in [0.25, 0.3) is 0 Å². The summed E-state index contributed by atoms with van der Waals surface area (Å²) in [5, 5.41) is 3.39. The zero-order valence-electron chi connectivity index (χ0n) is 12.9. The minimum Gasteiger partial charge on any atom is -0.324 e. The summed E-state index contributed by atoms with van der Waals surface area (Å²) in [7, 11) is 0. The normalized spacial score (nSPS) is 17.0. The average molecular weight is 384 g/mol. The van der Waals surface area contributed by atoms with Crippen molar-refractivity contribution in [3.63, 3.8) is 0 Å². The van der Waals surface area contributed by atoms with Gasteiger partial charge in [0.25, 0.3) is 0 Å². The Labute approximate surface area is 148 Å². The highest BCUT2D eigenvalue weighted by molar-refractivity contribution is 6.39. The summed E-state index contributed by atoms with van der Waals surface area (Å²) in [5.74, 6) is -0.234. The van der Waals surface area contributed by atoms with Crippen LogP contribution in [0.15, 0.2) is 18.2 Å². The molecule has 134 valence electrons. The van der Waals surface area contributed by atoms with Gasteiger partial charge in [0, 0.05) is 39.1 Å². The van der Waals surface area contributed by atoms with Crippen molar-refractivity contribution in [2.75, 3.05) is 44.6 Å². The van der Waals surface area contributed by atoms with Gasteiger partial charge in [0.1, 0.15) is 0 Å². The largest absolute Gasteiger partial charge is 0.401 e. The molecule has 1 aliphatic rings. The number of piperazine rings is 1.